The molecule has 0 saturated heterocycles. The van der Waals surface area contributed by atoms with Crippen molar-refractivity contribution in [2.24, 2.45) is 5.92 Å². The van der Waals surface area contributed by atoms with Crippen LogP contribution in [0.15, 0.2) is 12.3 Å². The number of hydrogen-bond donors (Lipinski definition) is 1. The summed E-state index contributed by atoms with van der Waals surface area (Å²) >= 11 is 11.9. The maximum atomic E-state index is 13.5. The van der Waals surface area contributed by atoms with Crippen LogP contribution in [0.2, 0.25) is 5.02 Å². The van der Waals surface area contributed by atoms with Crippen molar-refractivity contribution in [1.29, 1.82) is 0 Å². The molecule has 94 valence electrons. The van der Waals surface area contributed by atoms with Crippen LogP contribution in [-0.4, -0.2) is 16.9 Å². The fourth-order valence-electron chi connectivity index (χ4n) is 2.16. The van der Waals surface area contributed by atoms with Crippen molar-refractivity contribution in [2.75, 3.05) is 11.9 Å². The van der Waals surface area contributed by atoms with Gasteiger partial charge in [0.15, 0.2) is 11.6 Å². The van der Waals surface area contributed by atoms with E-state index < -0.39 is 5.82 Å². The predicted molar refractivity (Wildman–Crippen MR) is 69.3 cm³/mol. The number of nitrogens with zero attached hydrogens (tertiary/aromatic N) is 1. The van der Waals surface area contributed by atoms with Crippen LogP contribution in [0, 0.1) is 11.7 Å². The second kappa shape index (κ2) is 5.87. The number of nitrogens with one attached hydrogen (secondary N) is 1. The first-order valence-corrected chi connectivity index (χ1v) is 6.67. The van der Waals surface area contributed by atoms with Crippen LogP contribution in [0.5, 0.6) is 0 Å². The van der Waals surface area contributed by atoms with E-state index >= 15 is 0 Å². The summed E-state index contributed by atoms with van der Waals surface area (Å²) in [5.41, 5.74) is 0. The third-order valence-corrected chi connectivity index (χ3v) is 3.94. The number of rotatable bonds is 3. The second-order valence-electron chi connectivity index (χ2n) is 4.43. The first-order valence-electron chi connectivity index (χ1n) is 5.86. The molecule has 2 atom stereocenters. The summed E-state index contributed by atoms with van der Waals surface area (Å²) in [5, 5.41) is 3.50. The zero-order chi connectivity index (χ0) is 12.3. The molecule has 2 nitrogen and oxygen atoms in total. The van der Waals surface area contributed by atoms with Crippen molar-refractivity contribution in [3.05, 3.63) is 23.1 Å². The van der Waals surface area contributed by atoms with E-state index in [9.17, 15) is 4.39 Å². The lowest BCUT2D eigenvalue weighted by Gasteiger charge is -2.27. The third-order valence-electron chi connectivity index (χ3n) is 3.16. The van der Waals surface area contributed by atoms with Crippen LogP contribution >= 0.6 is 23.2 Å². The Labute approximate surface area is 111 Å². The molecule has 1 N–H and O–H groups in total. The zero-order valence-electron chi connectivity index (χ0n) is 9.43. The highest BCUT2D eigenvalue weighted by Gasteiger charge is 2.23. The Morgan fingerprint density at radius 2 is 2.18 bits per heavy atom. The van der Waals surface area contributed by atoms with Gasteiger partial charge in [-0.3, -0.25) is 0 Å². The van der Waals surface area contributed by atoms with Crippen molar-refractivity contribution in [2.45, 2.75) is 31.1 Å². The first kappa shape index (κ1) is 12.9. The van der Waals surface area contributed by atoms with Crippen LogP contribution in [-0.2, 0) is 0 Å². The topological polar surface area (TPSA) is 24.9 Å². The highest BCUT2D eigenvalue weighted by Crippen LogP contribution is 2.29. The van der Waals surface area contributed by atoms with Crippen molar-refractivity contribution in [1.82, 2.24) is 4.98 Å². The van der Waals surface area contributed by atoms with E-state index in [1.807, 2.05) is 0 Å². The van der Waals surface area contributed by atoms with Gasteiger partial charge in [-0.05, 0) is 24.8 Å². The summed E-state index contributed by atoms with van der Waals surface area (Å²) in [6.45, 7) is 0.666. The molecule has 1 aromatic rings. The van der Waals surface area contributed by atoms with Gasteiger partial charge in [-0.25, -0.2) is 9.37 Å². The summed E-state index contributed by atoms with van der Waals surface area (Å²) in [7, 11) is 0. The number of halogens is 3. The van der Waals surface area contributed by atoms with Crippen molar-refractivity contribution in [3.8, 4) is 0 Å². The fraction of sp³-hybridized carbons (Fsp3) is 0.583. The first-order chi connectivity index (χ1) is 8.16. The van der Waals surface area contributed by atoms with Gasteiger partial charge in [0, 0.05) is 18.1 Å². The van der Waals surface area contributed by atoms with E-state index in [-0.39, 0.29) is 11.2 Å². The van der Waals surface area contributed by atoms with Crippen molar-refractivity contribution < 1.29 is 4.39 Å². The summed E-state index contributed by atoms with van der Waals surface area (Å²) < 4.78 is 13.5. The molecule has 1 fully saturated rings. The largest absolute Gasteiger partial charge is 0.367 e. The molecule has 1 aliphatic rings. The molecule has 1 saturated carbocycles. The SMILES string of the molecule is Fc1cc(Cl)cnc1NCC1CCCCC1Cl. The van der Waals surface area contributed by atoms with Gasteiger partial charge >= 0.3 is 0 Å². The monoisotopic (exact) mass is 276 g/mol. The van der Waals surface area contributed by atoms with Gasteiger partial charge in [-0.15, -0.1) is 11.6 Å². The molecule has 17 heavy (non-hydrogen) atoms. The summed E-state index contributed by atoms with van der Waals surface area (Å²) in [5.74, 6) is 0.227. The van der Waals surface area contributed by atoms with Crippen LogP contribution in [0.1, 0.15) is 25.7 Å². The van der Waals surface area contributed by atoms with Gasteiger partial charge in [-0.1, -0.05) is 24.4 Å². The van der Waals surface area contributed by atoms with Crippen LogP contribution in [0.25, 0.3) is 0 Å². The van der Waals surface area contributed by atoms with Gasteiger partial charge < -0.3 is 5.32 Å². The smallest absolute Gasteiger partial charge is 0.166 e. The van der Waals surface area contributed by atoms with Crippen LogP contribution in [0.4, 0.5) is 10.2 Å². The lowest BCUT2D eigenvalue weighted by molar-refractivity contribution is 0.380. The molecule has 5 heteroatoms. The van der Waals surface area contributed by atoms with E-state index in [1.165, 1.54) is 25.1 Å². The Morgan fingerprint density at radius 1 is 1.41 bits per heavy atom. The summed E-state index contributed by atoms with van der Waals surface area (Å²) in [4.78, 5) is 3.93. The number of anilines is 1. The Kier molecular flexibility index (Phi) is 4.46. The quantitative estimate of drug-likeness (QED) is 0.842. The molecule has 2 unspecified atom stereocenters. The van der Waals surface area contributed by atoms with Crippen LogP contribution < -0.4 is 5.32 Å². The fourth-order valence-corrected chi connectivity index (χ4v) is 2.68. The van der Waals surface area contributed by atoms with E-state index in [1.54, 1.807) is 0 Å². The molecule has 0 bridgehead atoms. The summed E-state index contributed by atoms with van der Waals surface area (Å²) in [6, 6.07) is 1.26. The maximum absolute atomic E-state index is 13.5. The Morgan fingerprint density at radius 3 is 2.88 bits per heavy atom. The molecule has 1 aromatic heterocycles. The predicted octanol–water partition coefficient (Wildman–Crippen LogP) is 4.08. The lowest BCUT2D eigenvalue weighted by Crippen LogP contribution is -2.27. The second-order valence-corrected chi connectivity index (χ2v) is 5.42. The molecule has 0 aromatic carbocycles. The average Bonchev–Trinajstić information content (AvgIpc) is 2.30. The highest BCUT2D eigenvalue weighted by molar-refractivity contribution is 6.30. The molecule has 0 aliphatic heterocycles. The van der Waals surface area contributed by atoms with Crippen LogP contribution in [0.3, 0.4) is 0 Å². The number of aromatic nitrogens is 1. The Balaban J connectivity index is 1.92. The minimum absolute atomic E-state index is 0.187. The molecular weight excluding hydrogens is 262 g/mol. The minimum Gasteiger partial charge on any atom is -0.367 e. The van der Waals surface area contributed by atoms with E-state index in [0.717, 1.165) is 12.8 Å². The van der Waals surface area contributed by atoms with Gasteiger partial charge in [-0.2, -0.15) is 0 Å². The molecule has 2 rings (SSSR count). The molecule has 0 amide bonds. The van der Waals surface area contributed by atoms with E-state index in [0.29, 0.717) is 17.5 Å². The molecule has 0 spiro atoms. The lowest BCUT2D eigenvalue weighted by atomic mass is 9.89. The average molecular weight is 277 g/mol. The molecule has 0 radical (unpaired) electrons. The standard InChI is InChI=1S/C12H15Cl2FN2/c13-9-5-11(15)12(17-7-9)16-6-8-3-1-2-4-10(8)14/h5,7-8,10H,1-4,6H2,(H,16,17). The number of alkyl halides is 1. The zero-order valence-corrected chi connectivity index (χ0v) is 10.9. The summed E-state index contributed by atoms with van der Waals surface area (Å²) in [6.07, 6.45) is 5.97. The molecular formula is C12H15Cl2FN2. The van der Waals surface area contributed by atoms with Gasteiger partial charge in [0.25, 0.3) is 0 Å². The van der Waals surface area contributed by atoms with Gasteiger partial charge in [0.1, 0.15) is 0 Å². The van der Waals surface area contributed by atoms with Gasteiger partial charge in [0.05, 0.1) is 5.02 Å². The number of hydrogen-bond acceptors (Lipinski definition) is 2. The third kappa shape index (κ3) is 3.46. The van der Waals surface area contributed by atoms with Crippen molar-refractivity contribution >= 4 is 29.0 Å². The Bertz CT molecular complexity index is 387. The molecule has 1 aliphatic carbocycles. The normalized spacial score (nSPS) is 24.6. The van der Waals surface area contributed by atoms with Crippen molar-refractivity contribution in [3.63, 3.8) is 0 Å². The van der Waals surface area contributed by atoms with E-state index in [4.69, 9.17) is 23.2 Å². The maximum Gasteiger partial charge on any atom is 0.166 e. The minimum atomic E-state index is -0.417. The van der Waals surface area contributed by atoms with E-state index in [2.05, 4.69) is 10.3 Å². The number of pyridine rings is 1. The van der Waals surface area contributed by atoms with Gasteiger partial charge in [0.2, 0.25) is 0 Å². The Hall–Kier alpha value is -0.540. The molecule has 1 heterocycles. The highest BCUT2D eigenvalue weighted by atomic mass is 35.5.